The second kappa shape index (κ2) is 16.7. The van der Waals surface area contributed by atoms with Gasteiger partial charge in [-0.25, -0.2) is 0 Å². The van der Waals surface area contributed by atoms with Crippen molar-refractivity contribution in [2.24, 2.45) is 11.8 Å². The van der Waals surface area contributed by atoms with Crippen LogP contribution in [0.5, 0.6) is 0 Å². The molecule has 0 aromatic heterocycles. The van der Waals surface area contributed by atoms with E-state index in [4.69, 9.17) is 18.3 Å². The second-order valence-corrected chi connectivity index (χ2v) is 25.6. The maximum absolute atomic E-state index is 13.6. The predicted octanol–water partition coefficient (Wildman–Crippen LogP) is 9.64. The number of hydrogen-bond acceptors (Lipinski definition) is 6. The number of Topliss-reactive ketones (excluding diaryl/α,β-unsaturated/α-hetero) is 1. The molecule has 0 heterocycles. The molecule has 252 valence electrons. The van der Waals surface area contributed by atoms with E-state index in [-0.39, 0.29) is 40.1 Å². The summed E-state index contributed by atoms with van der Waals surface area (Å²) >= 11 is 0. The first-order valence-corrected chi connectivity index (χ1v) is 22.7. The number of hydrogen-bond donors (Lipinski definition) is 0. The highest BCUT2D eigenvalue weighted by Crippen LogP contribution is 2.44. The minimum atomic E-state index is -2.12. The van der Waals surface area contributed by atoms with Gasteiger partial charge >= 0.3 is 5.97 Å². The van der Waals surface area contributed by atoms with Gasteiger partial charge in [0, 0.05) is 31.8 Å². The first-order valence-electron chi connectivity index (χ1n) is 16.8. The van der Waals surface area contributed by atoms with Crippen molar-refractivity contribution in [3.8, 4) is 0 Å². The molecule has 8 heteroatoms. The highest BCUT2D eigenvalue weighted by molar-refractivity contribution is 6.74. The van der Waals surface area contributed by atoms with Crippen LogP contribution in [0.4, 0.5) is 0 Å². The van der Waals surface area contributed by atoms with Crippen LogP contribution in [0.3, 0.4) is 0 Å². The smallest absolute Gasteiger partial charge is 0.305 e. The number of esters is 1. The maximum Gasteiger partial charge on any atom is 0.305 e. The molecule has 5 atom stereocenters. The molecule has 1 aliphatic carbocycles. The van der Waals surface area contributed by atoms with Crippen molar-refractivity contribution in [2.75, 3.05) is 14.2 Å². The Balaban J connectivity index is 3.38. The number of ether oxygens (including phenoxy) is 2. The fourth-order valence-electron chi connectivity index (χ4n) is 5.31. The van der Waals surface area contributed by atoms with E-state index in [0.29, 0.717) is 18.6 Å². The van der Waals surface area contributed by atoms with Crippen molar-refractivity contribution in [1.29, 1.82) is 0 Å². The van der Waals surface area contributed by atoms with Gasteiger partial charge in [0.25, 0.3) is 0 Å². The monoisotopic (exact) mass is 640 g/mol. The normalized spacial score (nSPS) is 22.7. The van der Waals surface area contributed by atoms with Gasteiger partial charge < -0.3 is 18.3 Å². The van der Waals surface area contributed by atoms with E-state index in [1.807, 2.05) is 0 Å². The summed E-state index contributed by atoms with van der Waals surface area (Å²) in [6.07, 6.45) is 12.8. The van der Waals surface area contributed by atoms with Crippen molar-refractivity contribution in [3.63, 3.8) is 0 Å². The average molecular weight is 641 g/mol. The van der Waals surface area contributed by atoms with Crippen LogP contribution in [-0.4, -0.2) is 60.4 Å². The SMILES string of the molecule is CCCC[C@@](C)(OC)[C@@H](/C=C/[C@H]1[C@H](O[Si](C)(C)C(C)(C)C)CC(=O)[C@@H]1CCCCCCC(=O)OC)O[Si](C)(C)C(C)(C)C. The Bertz CT molecular complexity index is 901. The molecule has 1 aliphatic rings. The summed E-state index contributed by atoms with van der Waals surface area (Å²) in [7, 11) is -0.977. The van der Waals surface area contributed by atoms with Gasteiger partial charge in [-0.2, -0.15) is 0 Å². The van der Waals surface area contributed by atoms with Crippen LogP contribution in [-0.2, 0) is 27.9 Å². The molecule has 43 heavy (non-hydrogen) atoms. The number of methoxy groups -OCH3 is 2. The van der Waals surface area contributed by atoms with Gasteiger partial charge in [-0.05, 0) is 62.5 Å². The minimum absolute atomic E-state index is 0.00879. The highest BCUT2D eigenvalue weighted by atomic mass is 28.4. The Morgan fingerprint density at radius 1 is 0.907 bits per heavy atom. The van der Waals surface area contributed by atoms with E-state index >= 15 is 0 Å². The zero-order valence-corrected chi connectivity index (χ0v) is 32.5. The molecule has 0 saturated heterocycles. The Morgan fingerprint density at radius 3 is 2.00 bits per heavy atom. The van der Waals surface area contributed by atoms with Crippen molar-refractivity contribution >= 4 is 28.4 Å². The van der Waals surface area contributed by atoms with Crippen LogP contribution in [0.1, 0.15) is 120 Å². The Morgan fingerprint density at radius 2 is 1.49 bits per heavy atom. The third-order valence-electron chi connectivity index (χ3n) is 10.7. The van der Waals surface area contributed by atoms with Crippen LogP contribution >= 0.6 is 0 Å². The summed E-state index contributed by atoms with van der Waals surface area (Å²) in [5.74, 6) is 0.104. The molecule has 6 nitrogen and oxygen atoms in total. The molecule has 1 saturated carbocycles. The van der Waals surface area contributed by atoms with Crippen molar-refractivity contribution in [2.45, 2.75) is 174 Å². The number of rotatable bonds is 18. The molecule has 0 spiro atoms. The molecular weight excluding hydrogens is 573 g/mol. The van der Waals surface area contributed by atoms with E-state index in [2.05, 4.69) is 93.7 Å². The standard InChI is InChI=1S/C35H68O6Si2/c1-15-16-25-35(8,39-10)31(41-43(13,14)34(5,6)7)24-23-28-27(21-19-17-18-20-22-32(37)38-9)29(36)26-30(28)40-42(11,12)33(2,3)4/h23-24,27-28,30-31H,15-22,25-26H2,1-14H3/b24-23+/t27-,28-,30-,31-,35-/m1/s1. The molecule has 0 amide bonds. The summed E-state index contributed by atoms with van der Waals surface area (Å²) in [5, 5.41) is 0.122. The van der Waals surface area contributed by atoms with Gasteiger partial charge in [-0.15, -0.1) is 0 Å². The summed E-state index contributed by atoms with van der Waals surface area (Å²) in [4.78, 5) is 25.0. The van der Waals surface area contributed by atoms with Crippen LogP contribution < -0.4 is 0 Å². The summed E-state index contributed by atoms with van der Waals surface area (Å²) < 4.78 is 25.1. The number of carbonyl (C=O) groups excluding carboxylic acids is 2. The lowest BCUT2D eigenvalue weighted by molar-refractivity contribution is -0.140. The van der Waals surface area contributed by atoms with Crippen molar-refractivity contribution in [1.82, 2.24) is 0 Å². The van der Waals surface area contributed by atoms with E-state index < -0.39 is 22.2 Å². The topological polar surface area (TPSA) is 71.1 Å². The molecule has 0 N–H and O–H groups in total. The first kappa shape index (κ1) is 40.2. The lowest BCUT2D eigenvalue weighted by Crippen LogP contribution is -2.51. The number of ketones is 1. The molecule has 0 aliphatic heterocycles. The van der Waals surface area contributed by atoms with E-state index in [1.165, 1.54) is 7.11 Å². The van der Waals surface area contributed by atoms with Crippen molar-refractivity contribution in [3.05, 3.63) is 12.2 Å². The predicted molar refractivity (Wildman–Crippen MR) is 185 cm³/mol. The number of carbonyl (C=O) groups is 2. The van der Waals surface area contributed by atoms with Gasteiger partial charge in [-0.1, -0.05) is 92.7 Å². The van der Waals surface area contributed by atoms with Crippen molar-refractivity contribution < 1.29 is 27.9 Å². The largest absolute Gasteiger partial charge is 0.469 e. The van der Waals surface area contributed by atoms with Gasteiger partial charge in [0.2, 0.25) is 0 Å². The molecule has 0 aromatic rings. The third kappa shape index (κ3) is 11.8. The van der Waals surface area contributed by atoms with Gasteiger partial charge in [0.1, 0.15) is 5.78 Å². The third-order valence-corrected chi connectivity index (χ3v) is 19.6. The minimum Gasteiger partial charge on any atom is -0.469 e. The maximum atomic E-state index is 13.6. The fraction of sp³-hybridized carbons (Fsp3) is 0.886. The lowest BCUT2D eigenvalue weighted by Gasteiger charge is -2.44. The molecule has 0 unspecified atom stereocenters. The summed E-state index contributed by atoms with van der Waals surface area (Å²) in [6, 6.07) is 0. The van der Waals surface area contributed by atoms with E-state index in [1.54, 1.807) is 7.11 Å². The second-order valence-electron chi connectivity index (χ2n) is 16.1. The van der Waals surface area contributed by atoms with Crippen LogP contribution in [0.2, 0.25) is 36.3 Å². The zero-order chi connectivity index (χ0) is 33.3. The summed E-state index contributed by atoms with van der Waals surface area (Å²) in [6.45, 7) is 27.1. The van der Waals surface area contributed by atoms with Gasteiger partial charge in [-0.3, -0.25) is 9.59 Å². The molecular formula is C35H68O6Si2. The lowest BCUT2D eigenvalue weighted by atomic mass is 9.86. The Kier molecular flexibility index (Phi) is 15.6. The Labute approximate surface area is 267 Å². The molecule has 1 rings (SSSR count). The summed E-state index contributed by atoms with van der Waals surface area (Å²) in [5.41, 5.74) is -0.463. The first-order chi connectivity index (χ1) is 19.7. The quantitative estimate of drug-likeness (QED) is 0.0643. The van der Waals surface area contributed by atoms with Crippen LogP contribution in [0.15, 0.2) is 12.2 Å². The molecule has 0 radical (unpaired) electrons. The van der Waals surface area contributed by atoms with Gasteiger partial charge in [0.15, 0.2) is 16.6 Å². The number of unbranched alkanes of at least 4 members (excludes halogenated alkanes) is 4. The fourth-order valence-corrected chi connectivity index (χ4v) is 7.98. The van der Waals surface area contributed by atoms with E-state index in [9.17, 15) is 9.59 Å². The van der Waals surface area contributed by atoms with Gasteiger partial charge in [0.05, 0.1) is 24.9 Å². The molecule has 0 aromatic carbocycles. The average Bonchev–Trinajstić information content (AvgIpc) is 3.18. The Hall–Kier alpha value is -0.806. The van der Waals surface area contributed by atoms with E-state index in [0.717, 1.165) is 51.4 Å². The molecule has 0 bridgehead atoms. The highest BCUT2D eigenvalue weighted by Gasteiger charge is 2.48. The van der Waals surface area contributed by atoms with Crippen LogP contribution in [0, 0.1) is 11.8 Å². The van der Waals surface area contributed by atoms with Crippen LogP contribution in [0.25, 0.3) is 0 Å². The zero-order valence-electron chi connectivity index (χ0n) is 30.5. The molecule has 1 fully saturated rings.